The summed E-state index contributed by atoms with van der Waals surface area (Å²) in [5, 5.41) is 9.75. The van der Waals surface area contributed by atoms with E-state index >= 15 is 0 Å². The highest BCUT2D eigenvalue weighted by molar-refractivity contribution is 7.16. The SMILES string of the molecule is O=C(COC(=O)CCn1cnc2sccc2c1=O)Nc1ccnn1Cc1ccccc1Cl. The van der Waals surface area contributed by atoms with E-state index in [0.717, 1.165) is 5.56 Å². The first kappa shape index (κ1) is 21.7. The number of aromatic nitrogens is 4. The highest BCUT2D eigenvalue weighted by atomic mass is 35.5. The molecule has 3 aromatic heterocycles. The lowest BCUT2D eigenvalue weighted by Gasteiger charge is -2.10. The van der Waals surface area contributed by atoms with Gasteiger partial charge in [0, 0.05) is 17.6 Å². The zero-order valence-corrected chi connectivity index (χ0v) is 18.3. The maximum absolute atomic E-state index is 12.3. The number of ether oxygens (including phenoxy) is 1. The Hall–Kier alpha value is -3.50. The average molecular weight is 472 g/mol. The van der Waals surface area contributed by atoms with Gasteiger partial charge in [-0.25, -0.2) is 9.67 Å². The number of halogens is 1. The molecular formula is C21H18ClN5O4S. The Kier molecular flexibility index (Phi) is 6.62. The summed E-state index contributed by atoms with van der Waals surface area (Å²) in [5.41, 5.74) is 0.638. The number of aryl methyl sites for hydroxylation is 1. The van der Waals surface area contributed by atoms with Crippen LogP contribution in [0.25, 0.3) is 10.2 Å². The maximum atomic E-state index is 12.3. The smallest absolute Gasteiger partial charge is 0.308 e. The van der Waals surface area contributed by atoms with Gasteiger partial charge in [0.05, 0.1) is 30.9 Å². The molecule has 0 unspecified atom stereocenters. The molecule has 0 aliphatic heterocycles. The van der Waals surface area contributed by atoms with E-state index < -0.39 is 18.5 Å². The van der Waals surface area contributed by atoms with Gasteiger partial charge in [-0.2, -0.15) is 5.10 Å². The number of anilines is 1. The van der Waals surface area contributed by atoms with E-state index in [1.54, 1.807) is 34.5 Å². The van der Waals surface area contributed by atoms with Crippen LogP contribution in [0.3, 0.4) is 0 Å². The second kappa shape index (κ2) is 9.75. The van der Waals surface area contributed by atoms with Crippen LogP contribution in [-0.2, 0) is 27.4 Å². The quantitative estimate of drug-likeness (QED) is 0.396. The highest BCUT2D eigenvalue weighted by Gasteiger charge is 2.13. The van der Waals surface area contributed by atoms with Crippen molar-refractivity contribution in [1.82, 2.24) is 19.3 Å². The first-order valence-electron chi connectivity index (χ1n) is 9.64. The number of amides is 1. The van der Waals surface area contributed by atoms with Crippen LogP contribution >= 0.6 is 22.9 Å². The lowest BCUT2D eigenvalue weighted by Crippen LogP contribution is -2.25. The minimum atomic E-state index is -0.595. The van der Waals surface area contributed by atoms with Gasteiger partial charge in [0.1, 0.15) is 10.6 Å². The molecular weight excluding hydrogens is 454 g/mol. The lowest BCUT2D eigenvalue weighted by atomic mass is 10.2. The Morgan fingerprint density at radius 2 is 2.03 bits per heavy atom. The largest absolute Gasteiger partial charge is 0.456 e. The van der Waals surface area contributed by atoms with Crippen molar-refractivity contribution >= 4 is 50.8 Å². The molecule has 11 heteroatoms. The molecule has 4 rings (SSSR count). The summed E-state index contributed by atoms with van der Waals surface area (Å²) < 4.78 is 7.96. The summed E-state index contributed by atoms with van der Waals surface area (Å²) in [6.07, 6.45) is 2.89. The van der Waals surface area contributed by atoms with E-state index in [1.807, 2.05) is 18.2 Å². The molecule has 0 saturated carbocycles. The van der Waals surface area contributed by atoms with Gasteiger partial charge in [-0.05, 0) is 23.1 Å². The van der Waals surface area contributed by atoms with Gasteiger partial charge in [-0.15, -0.1) is 11.3 Å². The lowest BCUT2D eigenvalue weighted by molar-refractivity contribution is -0.147. The number of nitrogens with one attached hydrogen (secondary N) is 1. The van der Waals surface area contributed by atoms with Crippen LogP contribution in [0.1, 0.15) is 12.0 Å². The summed E-state index contributed by atoms with van der Waals surface area (Å²) in [4.78, 5) is 41.4. The van der Waals surface area contributed by atoms with Gasteiger partial charge in [0.25, 0.3) is 11.5 Å². The van der Waals surface area contributed by atoms with Gasteiger partial charge in [0.2, 0.25) is 0 Å². The Morgan fingerprint density at radius 3 is 2.88 bits per heavy atom. The van der Waals surface area contributed by atoms with E-state index in [2.05, 4.69) is 15.4 Å². The molecule has 0 aliphatic carbocycles. The van der Waals surface area contributed by atoms with Crippen molar-refractivity contribution in [3.05, 3.63) is 75.2 Å². The molecule has 0 spiro atoms. The Morgan fingerprint density at radius 1 is 1.19 bits per heavy atom. The Balaban J connectivity index is 1.27. The predicted molar refractivity (Wildman–Crippen MR) is 121 cm³/mol. The monoisotopic (exact) mass is 471 g/mol. The van der Waals surface area contributed by atoms with Crippen LogP contribution in [0, 0.1) is 0 Å². The molecule has 0 radical (unpaired) electrons. The molecule has 0 aliphatic rings. The van der Waals surface area contributed by atoms with Crippen molar-refractivity contribution in [3.8, 4) is 0 Å². The Labute approximate surface area is 191 Å². The molecule has 1 N–H and O–H groups in total. The molecule has 1 aromatic carbocycles. The maximum Gasteiger partial charge on any atom is 0.308 e. The fourth-order valence-electron chi connectivity index (χ4n) is 3.01. The van der Waals surface area contributed by atoms with Crippen molar-refractivity contribution in [3.63, 3.8) is 0 Å². The van der Waals surface area contributed by atoms with Gasteiger partial charge in [0.15, 0.2) is 6.61 Å². The third kappa shape index (κ3) is 5.04. The summed E-state index contributed by atoms with van der Waals surface area (Å²) in [7, 11) is 0. The number of thiophene rings is 1. The van der Waals surface area contributed by atoms with Crippen molar-refractivity contribution in [2.45, 2.75) is 19.5 Å². The summed E-state index contributed by atoms with van der Waals surface area (Å²) in [5.74, 6) is -0.646. The van der Waals surface area contributed by atoms with Crippen LogP contribution in [-0.4, -0.2) is 37.8 Å². The number of hydrogen-bond donors (Lipinski definition) is 1. The third-order valence-electron chi connectivity index (χ3n) is 4.63. The number of carbonyl (C=O) groups is 2. The number of nitrogens with zero attached hydrogens (tertiary/aromatic N) is 4. The van der Waals surface area contributed by atoms with Crippen LogP contribution in [0.5, 0.6) is 0 Å². The van der Waals surface area contributed by atoms with Crippen LogP contribution < -0.4 is 10.9 Å². The van der Waals surface area contributed by atoms with E-state index in [0.29, 0.717) is 27.6 Å². The molecule has 0 fully saturated rings. The number of fused-ring (bicyclic) bond motifs is 1. The fourth-order valence-corrected chi connectivity index (χ4v) is 3.93. The molecule has 0 saturated heterocycles. The number of esters is 1. The summed E-state index contributed by atoms with van der Waals surface area (Å²) >= 11 is 7.56. The fraction of sp³-hybridized carbons (Fsp3) is 0.190. The molecule has 1 amide bonds. The van der Waals surface area contributed by atoms with Gasteiger partial charge >= 0.3 is 5.97 Å². The number of benzene rings is 1. The Bertz CT molecular complexity index is 1330. The first-order valence-corrected chi connectivity index (χ1v) is 10.9. The standard InChI is InChI=1S/C21H18ClN5O4S/c22-16-4-2-1-3-14(16)11-27-17(5-8-24-27)25-18(28)12-31-19(29)6-9-26-13-23-20-15(21(26)30)7-10-32-20/h1-5,7-8,10,13H,6,9,11-12H2,(H,25,28). The molecule has 32 heavy (non-hydrogen) atoms. The topological polar surface area (TPSA) is 108 Å². The van der Waals surface area contributed by atoms with Crippen molar-refractivity contribution in [2.24, 2.45) is 0 Å². The molecule has 4 aromatic rings. The number of rotatable bonds is 8. The average Bonchev–Trinajstić information content (AvgIpc) is 3.43. The van der Waals surface area contributed by atoms with E-state index in [1.165, 1.54) is 22.2 Å². The second-order valence-electron chi connectivity index (χ2n) is 6.81. The van der Waals surface area contributed by atoms with Crippen molar-refractivity contribution in [1.29, 1.82) is 0 Å². The molecule has 0 atom stereocenters. The van der Waals surface area contributed by atoms with E-state index in [-0.39, 0.29) is 18.5 Å². The molecule has 3 heterocycles. The third-order valence-corrected chi connectivity index (χ3v) is 5.82. The molecule has 9 nitrogen and oxygen atoms in total. The summed E-state index contributed by atoms with van der Waals surface area (Å²) in [6.45, 7) is 0.0365. The van der Waals surface area contributed by atoms with E-state index in [4.69, 9.17) is 16.3 Å². The van der Waals surface area contributed by atoms with Gasteiger partial charge < -0.3 is 10.1 Å². The van der Waals surface area contributed by atoms with Crippen molar-refractivity contribution in [2.75, 3.05) is 11.9 Å². The van der Waals surface area contributed by atoms with Crippen LogP contribution in [0.2, 0.25) is 5.02 Å². The van der Waals surface area contributed by atoms with Crippen LogP contribution in [0.4, 0.5) is 5.82 Å². The predicted octanol–water partition coefficient (Wildman–Crippen LogP) is 2.93. The highest BCUT2D eigenvalue weighted by Crippen LogP contribution is 2.18. The van der Waals surface area contributed by atoms with Crippen LogP contribution in [0.15, 0.2) is 59.1 Å². The minimum absolute atomic E-state index is 0.0606. The van der Waals surface area contributed by atoms with E-state index in [9.17, 15) is 14.4 Å². The zero-order valence-electron chi connectivity index (χ0n) is 16.7. The number of hydrogen-bond acceptors (Lipinski definition) is 7. The van der Waals surface area contributed by atoms with Gasteiger partial charge in [-0.3, -0.25) is 19.0 Å². The van der Waals surface area contributed by atoms with Crippen molar-refractivity contribution < 1.29 is 14.3 Å². The zero-order chi connectivity index (χ0) is 22.5. The molecule has 0 bridgehead atoms. The normalized spacial score (nSPS) is 10.9. The first-order chi connectivity index (χ1) is 15.5. The number of carbonyl (C=O) groups excluding carboxylic acids is 2. The molecule has 164 valence electrons. The second-order valence-corrected chi connectivity index (χ2v) is 8.11. The minimum Gasteiger partial charge on any atom is -0.456 e. The van der Waals surface area contributed by atoms with Gasteiger partial charge in [-0.1, -0.05) is 29.8 Å². The summed E-state index contributed by atoms with van der Waals surface area (Å²) in [6, 6.07) is 10.7.